The molecule has 5 amide bonds. The fourth-order valence-electron chi connectivity index (χ4n) is 11.7. The van der Waals surface area contributed by atoms with E-state index in [-0.39, 0.29) is 75.4 Å². The molecular formula is C51H55ClF2N8O6. The van der Waals surface area contributed by atoms with Gasteiger partial charge >= 0.3 is 6.03 Å². The highest BCUT2D eigenvalue weighted by Crippen LogP contribution is 2.57. The third kappa shape index (κ3) is 7.88. The molecule has 5 aliphatic rings. The van der Waals surface area contributed by atoms with Crippen molar-refractivity contribution in [3.05, 3.63) is 100 Å². The summed E-state index contributed by atoms with van der Waals surface area (Å²) >= 11 is 6.70. The van der Waals surface area contributed by atoms with E-state index in [2.05, 4.69) is 32.0 Å². The van der Waals surface area contributed by atoms with Crippen molar-refractivity contribution in [3.8, 4) is 22.6 Å². The molecule has 2 atom stereocenters. The number of carbonyl (C=O) groups excluding carboxylic acids is 4. The summed E-state index contributed by atoms with van der Waals surface area (Å²) in [7, 11) is 3.15. The summed E-state index contributed by atoms with van der Waals surface area (Å²) in [6.45, 7) is 4.06. The maximum Gasteiger partial charge on any atom is 0.329 e. The molecule has 5 N–H and O–H groups in total. The molecule has 356 valence electrons. The molecule has 1 aromatic heterocycles. The molecule has 68 heavy (non-hydrogen) atoms. The van der Waals surface area contributed by atoms with Crippen molar-refractivity contribution in [2.75, 3.05) is 43.5 Å². The lowest BCUT2D eigenvalue weighted by atomic mass is 9.60. The first kappa shape index (κ1) is 45.5. The van der Waals surface area contributed by atoms with Crippen LogP contribution in [0.1, 0.15) is 92.1 Å². The first-order valence-electron chi connectivity index (χ1n) is 23.5. The van der Waals surface area contributed by atoms with Crippen molar-refractivity contribution in [1.29, 1.82) is 0 Å². The third-order valence-electron chi connectivity index (χ3n) is 15.5. The normalized spacial score (nSPS) is 23.5. The number of aromatic nitrogens is 2. The van der Waals surface area contributed by atoms with E-state index >= 15 is 8.78 Å². The highest BCUT2D eigenvalue weighted by Gasteiger charge is 2.51. The van der Waals surface area contributed by atoms with Crippen molar-refractivity contribution in [2.24, 2.45) is 24.1 Å². The van der Waals surface area contributed by atoms with Crippen LogP contribution in [0.4, 0.5) is 25.1 Å². The Bertz CT molecular complexity index is 2840. The maximum absolute atomic E-state index is 16.2. The van der Waals surface area contributed by atoms with Crippen LogP contribution in [0.25, 0.3) is 22.0 Å². The summed E-state index contributed by atoms with van der Waals surface area (Å²) < 4.78 is 45.8. The minimum absolute atomic E-state index is 0.00375. The Kier molecular flexibility index (Phi) is 11.8. The number of primary amides is 1. The number of fused-ring (bicyclic) bond motifs is 2. The number of halogens is 3. The van der Waals surface area contributed by atoms with Crippen LogP contribution in [0.3, 0.4) is 0 Å². The number of hydrogen-bond acceptors (Lipinski definition) is 9. The Balaban J connectivity index is 0.755. The summed E-state index contributed by atoms with van der Waals surface area (Å²) in [6, 6.07) is 19.5. The van der Waals surface area contributed by atoms with Crippen LogP contribution in [-0.4, -0.2) is 83.8 Å². The molecular weight excluding hydrogens is 894 g/mol. The predicted molar refractivity (Wildman–Crippen MR) is 254 cm³/mol. The Labute approximate surface area is 397 Å². The van der Waals surface area contributed by atoms with Gasteiger partial charge in [0.05, 0.1) is 23.2 Å². The second kappa shape index (κ2) is 17.7. The summed E-state index contributed by atoms with van der Waals surface area (Å²) in [4.78, 5) is 54.5. The SMILES string of the molecule is COc1ccc(C(N)=O)c(-c2c(Cl)c(F)cc3c2C(C)C(CNC2CCC(C(=O)N4CCC5(CC4)CC(Nc4ccc6c(N7CCC(=O)NC7=O)nn(C)c6c4)C5)CC2)(c2ccccc2)O3)c1F. The first-order chi connectivity index (χ1) is 32.7. The fraction of sp³-hybridized carbons (Fsp3) is 0.431. The minimum Gasteiger partial charge on any atom is -0.494 e. The third-order valence-corrected chi connectivity index (χ3v) is 15.9. The monoisotopic (exact) mass is 948 g/mol. The number of benzene rings is 4. The number of amides is 5. The van der Waals surface area contributed by atoms with Gasteiger partial charge in [-0.3, -0.25) is 29.3 Å². The lowest BCUT2D eigenvalue weighted by Crippen LogP contribution is -2.53. The molecule has 0 radical (unpaired) electrons. The fourth-order valence-corrected chi connectivity index (χ4v) is 12.0. The van der Waals surface area contributed by atoms with Crippen molar-refractivity contribution in [3.63, 3.8) is 0 Å². The number of ether oxygens (including phenoxy) is 2. The zero-order valence-electron chi connectivity index (χ0n) is 38.3. The molecule has 2 aliphatic carbocycles. The lowest BCUT2D eigenvalue weighted by Gasteiger charge is -2.53. The predicted octanol–water partition coefficient (Wildman–Crippen LogP) is 8.15. The van der Waals surface area contributed by atoms with E-state index in [1.807, 2.05) is 56.4 Å². The van der Waals surface area contributed by atoms with Gasteiger partial charge in [-0.15, -0.1) is 0 Å². The molecule has 10 rings (SSSR count). The van der Waals surface area contributed by atoms with Gasteiger partial charge in [0.2, 0.25) is 17.7 Å². The maximum atomic E-state index is 16.2. The van der Waals surface area contributed by atoms with E-state index in [4.69, 9.17) is 26.8 Å². The van der Waals surface area contributed by atoms with Crippen LogP contribution in [0, 0.1) is 23.0 Å². The average Bonchev–Trinajstić information content (AvgIpc) is 3.80. The number of carbonyl (C=O) groups is 4. The van der Waals surface area contributed by atoms with Crippen molar-refractivity contribution >= 4 is 57.8 Å². The molecule has 5 aromatic rings. The molecule has 2 unspecified atom stereocenters. The van der Waals surface area contributed by atoms with Crippen LogP contribution >= 0.6 is 11.6 Å². The van der Waals surface area contributed by atoms with Gasteiger partial charge in [-0.1, -0.05) is 48.9 Å². The molecule has 4 heterocycles. The van der Waals surface area contributed by atoms with Gasteiger partial charge in [0, 0.05) is 97.4 Å². The number of methoxy groups -OCH3 is 1. The number of piperidine rings is 1. The highest BCUT2D eigenvalue weighted by molar-refractivity contribution is 6.34. The Morgan fingerprint density at radius 1 is 0.971 bits per heavy atom. The zero-order valence-corrected chi connectivity index (χ0v) is 39.1. The highest BCUT2D eigenvalue weighted by atomic mass is 35.5. The molecule has 14 nitrogen and oxygen atoms in total. The number of nitrogens with zero attached hydrogens (tertiary/aromatic N) is 4. The van der Waals surface area contributed by atoms with Crippen molar-refractivity contribution in [1.82, 2.24) is 25.3 Å². The van der Waals surface area contributed by atoms with Crippen molar-refractivity contribution < 1.29 is 37.4 Å². The van der Waals surface area contributed by atoms with Crippen LogP contribution in [0.2, 0.25) is 5.02 Å². The Morgan fingerprint density at radius 3 is 2.40 bits per heavy atom. The molecule has 2 saturated heterocycles. The topological polar surface area (TPSA) is 173 Å². The number of aryl methyl sites for hydroxylation is 1. The number of anilines is 2. The smallest absolute Gasteiger partial charge is 0.329 e. The Morgan fingerprint density at radius 2 is 1.71 bits per heavy atom. The van der Waals surface area contributed by atoms with E-state index in [0.29, 0.717) is 24.0 Å². The quantitative estimate of drug-likeness (QED) is 0.102. The van der Waals surface area contributed by atoms with Gasteiger partial charge in [-0.25, -0.2) is 13.6 Å². The summed E-state index contributed by atoms with van der Waals surface area (Å²) in [6.07, 6.45) is 7.35. The molecule has 0 bridgehead atoms. The van der Waals surface area contributed by atoms with Crippen LogP contribution in [0.15, 0.2) is 66.7 Å². The standard InChI is InChI=1S/C51H55ClF2N8O6/c1-28-41-39(24-36(53)44(52)43(41)42-35(46(55)64)15-16-38(67-3)45(42)54)68-51(28,30-7-5-4-6-8-30)27-56-31-11-9-29(10-12-31)48(65)61-21-18-50(19-22-61)25-33(26-50)57-32-13-14-34-37(23-32)60(2)59-47(34)62-20-17-40(63)58-49(62)66/h4-8,13-16,23-24,28-29,31,33,56-57H,9-12,17-22,25-27H2,1-3H3,(H2,55,64)(H,58,63,66). The molecule has 3 aliphatic heterocycles. The van der Waals surface area contributed by atoms with E-state index < -0.39 is 35.1 Å². The molecule has 4 aromatic carbocycles. The zero-order chi connectivity index (χ0) is 47.6. The van der Waals surface area contributed by atoms with Crippen LogP contribution < -0.4 is 36.1 Å². The van der Waals surface area contributed by atoms with E-state index in [1.165, 1.54) is 30.2 Å². The van der Waals surface area contributed by atoms with E-state index in [0.717, 1.165) is 86.6 Å². The second-order valence-corrected chi connectivity index (χ2v) is 19.7. The van der Waals surface area contributed by atoms with Crippen LogP contribution in [-0.2, 0) is 22.2 Å². The van der Waals surface area contributed by atoms with Gasteiger partial charge in [-0.05, 0) is 92.7 Å². The summed E-state index contributed by atoms with van der Waals surface area (Å²) in [5, 5.41) is 14.9. The van der Waals surface area contributed by atoms with Gasteiger partial charge in [0.15, 0.2) is 23.0 Å². The van der Waals surface area contributed by atoms with Gasteiger partial charge in [0.1, 0.15) is 11.6 Å². The summed E-state index contributed by atoms with van der Waals surface area (Å²) in [5.41, 5.74) is 7.64. The number of nitrogens with two attached hydrogens (primary N) is 1. The molecule has 4 fully saturated rings. The van der Waals surface area contributed by atoms with E-state index in [9.17, 15) is 19.2 Å². The van der Waals surface area contributed by atoms with Gasteiger partial charge in [-0.2, -0.15) is 5.10 Å². The lowest BCUT2D eigenvalue weighted by molar-refractivity contribution is -0.140. The number of rotatable bonds is 11. The number of likely N-dealkylation sites (tertiary alicyclic amines) is 1. The minimum atomic E-state index is -1.07. The Hall–Kier alpha value is -6.26. The number of hydrogen-bond donors (Lipinski definition) is 4. The number of nitrogens with one attached hydrogen (secondary N) is 3. The first-order valence-corrected chi connectivity index (χ1v) is 23.9. The number of imide groups is 1. The molecule has 17 heteroatoms. The largest absolute Gasteiger partial charge is 0.494 e. The second-order valence-electron chi connectivity index (χ2n) is 19.3. The van der Waals surface area contributed by atoms with Gasteiger partial charge in [0.25, 0.3) is 0 Å². The van der Waals surface area contributed by atoms with E-state index in [1.54, 1.807) is 4.68 Å². The molecule has 2 saturated carbocycles. The van der Waals surface area contributed by atoms with Crippen LogP contribution in [0.5, 0.6) is 11.5 Å². The van der Waals surface area contributed by atoms with Crippen molar-refractivity contribution in [2.45, 2.75) is 88.3 Å². The average molecular weight is 949 g/mol. The van der Waals surface area contributed by atoms with Gasteiger partial charge < -0.3 is 30.7 Å². The summed E-state index contributed by atoms with van der Waals surface area (Å²) in [5.74, 6) is -2.65. The number of urea groups is 1. The molecule has 1 spiro atoms.